The van der Waals surface area contributed by atoms with E-state index in [4.69, 9.17) is 10.5 Å². The summed E-state index contributed by atoms with van der Waals surface area (Å²) in [6.45, 7) is 2.52. The van der Waals surface area contributed by atoms with Gasteiger partial charge >= 0.3 is 0 Å². The Morgan fingerprint density at radius 1 is 1.53 bits per heavy atom. The molecule has 0 aromatic heterocycles. The number of hydrogen-bond donors (Lipinski definition) is 1. The minimum absolute atomic E-state index is 0.0395. The second kappa shape index (κ2) is 4.49. The molecule has 102 valence electrons. The van der Waals surface area contributed by atoms with E-state index < -0.39 is 0 Å². The Hall–Kier alpha value is -1.62. The van der Waals surface area contributed by atoms with Crippen molar-refractivity contribution < 1.29 is 9.13 Å². The summed E-state index contributed by atoms with van der Waals surface area (Å²) < 4.78 is 19.3. The Morgan fingerprint density at radius 3 is 3.00 bits per heavy atom. The van der Waals surface area contributed by atoms with E-state index in [9.17, 15) is 4.39 Å². The van der Waals surface area contributed by atoms with Gasteiger partial charge in [0.2, 0.25) is 0 Å². The van der Waals surface area contributed by atoms with Gasteiger partial charge in [-0.1, -0.05) is 6.07 Å². The number of halogens is 1. The molecule has 1 aromatic carbocycles. The number of epoxide rings is 1. The first-order valence-electron chi connectivity index (χ1n) is 6.50. The van der Waals surface area contributed by atoms with Crippen LogP contribution in [0.15, 0.2) is 23.2 Å². The fourth-order valence-electron chi connectivity index (χ4n) is 2.64. The highest BCUT2D eigenvalue weighted by atomic mass is 19.1. The zero-order chi connectivity index (χ0) is 13.6. The number of aryl methyl sites for hydroxylation is 1. The maximum absolute atomic E-state index is 13.9. The first kappa shape index (κ1) is 12.4. The third-order valence-corrected chi connectivity index (χ3v) is 3.71. The summed E-state index contributed by atoms with van der Waals surface area (Å²) in [6.07, 6.45) is 1.12. The molecule has 2 aliphatic heterocycles. The van der Waals surface area contributed by atoms with Gasteiger partial charge in [-0.15, -0.1) is 0 Å². The number of hydrogen-bond acceptors (Lipinski definition) is 4. The zero-order valence-corrected chi connectivity index (χ0v) is 11.1. The average molecular weight is 263 g/mol. The molecule has 0 bridgehead atoms. The van der Waals surface area contributed by atoms with Gasteiger partial charge in [0.25, 0.3) is 0 Å². The van der Waals surface area contributed by atoms with Crippen molar-refractivity contribution in [2.24, 2.45) is 10.7 Å². The molecule has 0 radical (unpaired) electrons. The largest absolute Gasteiger partial charge is 0.385 e. The van der Waals surface area contributed by atoms with Crippen molar-refractivity contribution in [1.29, 1.82) is 0 Å². The van der Waals surface area contributed by atoms with Crippen molar-refractivity contribution in [3.05, 3.63) is 29.6 Å². The smallest absolute Gasteiger partial charge is 0.146 e. The molecule has 2 aliphatic rings. The lowest BCUT2D eigenvalue weighted by atomic mass is 10.1. The normalized spacial score (nSPS) is 28.6. The summed E-state index contributed by atoms with van der Waals surface area (Å²) in [5, 5.41) is 0. The number of likely N-dealkylation sites (N-methyl/N-ethyl adjacent to an activating group) is 1. The highest BCUT2D eigenvalue weighted by molar-refractivity contribution is 5.88. The minimum atomic E-state index is -0.198. The number of amidine groups is 1. The summed E-state index contributed by atoms with van der Waals surface area (Å²) >= 11 is 0. The standard InChI is InChI=1S/C14H18FN3O/c1-8-3-4-11(10(15)5-8)18(2)7-9-6-12-13(19-12)14(16)17-9/h3-5,9,12-13H,6-7H2,1-2H3,(H2,16,17). The van der Waals surface area contributed by atoms with E-state index in [0.717, 1.165) is 12.0 Å². The highest BCUT2D eigenvalue weighted by Crippen LogP contribution is 2.32. The van der Waals surface area contributed by atoms with E-state index in [2.05, 4.69) is 4.99 Å². The molecular weight excluding hydrogens is 245 g/mol. The van der Waals surface area contributed by atoms with Crippen LogP contribution in [0, 0.1) is 12.7 Å². The van der Waals surface area contributed by atoms with Crippen LogP contribution < -0.4 is 10.6 Å². The molecule has 0 aliphatic carbocycles. The Labute approximate surface area is 112 Å². The summed E-state index contributed by atoms with van der Waals surface area (Å²) in [7, 11) is 1.87. The number of fused-ring (bicyclic) bond motifs is 1. The monoisotopic (exact) mass is 263 g/mol. The summed E-state index contributed by atoms with van der Waals surface area (Å²) in [6, 6.07) is 5.34. The van der Waals surface area contributed by atoms with Gasteiger partial charge in [-0.25, -0.2) is 4.39 Å². The predicted molar refractivity (Wildman–Crippen MR) is 73.1 cm³/mol. The van der Waals surface area contributed by atoms with Crippen molar-refractivity contribution in [2.45, 2.75) is 31.6 Å². The first-order valence-corrected chi connectivity index (χ1v) is 6.50. The number of nitrogens with two attached hydrogens (primary N) is 1. The van der Waals surface area contributed by atoms with Crippen LogP contribution in [-0.4, -0.2) is 37.7 Å². The molecule has 3 unspecified atom stereocenters. The molecule has 0 amide bonds. The number of rotatable bonds is 3. The van der Waals surface area contributed by atoms with Gasteiger partial charge in [0.15, 0.2) is 0 Å². The number of benzene rings is 1. The van der Waals surface area contributed by atoms with Gasteiger partial charge in [-0.2, -0.15) is 0 Å². The highest BCUT2D eigenvalue weighted by Gasteiger charge is 2.46. The molecule has 4 nitrogen and oxygen atoms in total. The van der Waals surface area contributed by atoms with E-state index in [1.807, 2.05) is 24.9 Å². The Kier molecular flexibility index (Phi) is 2.93. The van der Waals surface area contributed by atoms with Crippen molar-refractivity contribution in [3.63, 3.8) is 0 Å². The maximum atomic E-state index is 13.9. The first-order chi connectivity index (χ1) is 9.04. The van der Waals surface area contributed by atoms with Crippen molar-refractivity contribution in [1.82, 2.24) is 0 Å². The lowest BCUT2D eigenvalue weighted by molar-refractivity contribution is 0.378. The van der Waals surface area contributed by atoms with Crippen LogP contribution in [0.2, 0.25) is 0 Å². The van der Waals surface area contributed by atoms with E-state index in [0.29, 0.717) is 18.1 Å². The van der Waals surface area contributed by atoms with Crippen LogP contribution in [0.1, 0.15) is 12.0 Å². The third kappa shape index (κ3) is 2.42. The van der Waals surface area contributed by atoms with E-state index in [1.54, 1.807) is 12.1 Å². The van der Waals surface area contributed by atoms with Crippen LogP contribution >= 0.6 is 0 Å². The quantitative estimate of drug-likeness (QED) is 0.840. The molecule has 2 N–H and O–H groups in total. The average Bonchev–Trinajstić information content (AvgIpc) is 3.08. The van der Waals surface area contributed by atoms with Gasteiger partial charge in [-0.3, -0.25) is 4.99 Å². The molecule has 0 saturated carbocycles. The number of nitrogens with zero attached hydrogens (tertiary/aromatic N) is 2. The predicted octanol–water partition coefficient (Wildman–Crippen LogP) is 1.47. The summed E-state index contributed by atoms with van der Waals surface area (Å²) in [5.74, 6) is 0.384. The molecule has 3 atom stereocenters. The lowest BCUT2D eigenvalue weighted by Crippen LogP contribution is -2.36. The fourth-order valence-corrected chi connectivity index (χ4v) is 2.64. The van der Waals surface area contributed by atoms with Crippen LogP contribution in [-0.2, 0) is 4.74 Å². The summed E-state index contributed by atoms with van der Waals surface area (Å²) in [4.78, 5) is 6.31. The van der Waals surface area contributed by atoms with Crippen molar-refractivity contribution >= 4 is 11.5 Å². The zero-order valence-electron chi connectivity index (χ0n) is 11.1. The second-order valence-electron chi connectivity index (χ2n) is 5.37. The van der Waals surface area contributed by atoms with Crippen LogP contribution in [0.3, 0.4) is 0 Å². The van der Waals surface area contributed by atoms with Crippen LogP contribution in [0.5, 0.6) is 0 Å². The molecule has 19 heavy (non-hydrogen) atoms. The van der Waals surface area contributed by atoms with Gasteiger partial charge in [0.1, 0.15) is 17.8 Å². The molecule has 1 saturated heterocycles. The van der Waals surface area contributed by atoms with Crippen molar-refractivity contribution in [2.75, 3.05) is 18.5 Å². The molecule has 0 spiro atoms. The van der Waals surface area contributed by atoms with Crippen molar-refractivity contribution in [3.8, 4) is 0 Å². The SMILES string of the molecule is Cc1ccc(N(C)CC2CC3OC3C(N)=N2)c(F)c1. The van der Waals surface area contributed by atoms with Crippen LogP contribution in [0.25, 0.3) is 0 Å². The maximum Gasteiger partial charge on any atom is 0.146 e. The number of ether oxygens (including phenoxy) is 1. The third-order valence-electron chi connectivity index (χ3n) is 3.71. The van der Waals surface area contributed by atoms with E-state index in [-0.39, 0.29) is 24.1 Å². The van der Waals surface area contributed by atoms with Gasteiger partial charge in [0.05, 0.1) is 17.8 Å². The van der Waals surface area contributed by atoms with Gasteiger partial charge in [-0.05, 0) is 24.6 Å². The Bertz CT molecular complexity index is 531. The van der Waals surface area contributed by atoms with E-state index in [1.165, 1.54) is 0 Å². The van der Waals surface area contributed by atoms with Gasteiger partial charge < -0.3 is 15.4 Å². The van der Waals surface area contributed by atoms with E-state index >= 15 is 0 Å². The van der Waals surface area contributed by atoms with Crippen LogP contribution in [0.4, 0.5) is 10.1 Å². The minimum Gasteiger partial charge on any atom is -0.385 e. The Balaban J connectivity index is 1.71. The molecular formula is C14H18FN3O. The molecule has 1 fully saturated rings. The number of aliphatic imine (C=N–C) groups is 1. The second-order valence-corrected chi connectivity index (χ2v) is 5.37. The molecule has 5 heteroatoms. The molecule has 1 aromatic rings. The topological polar surface area (TPSA) is 54.1 Å². The molecule has 3 rings (SSSR count). The fraction of sp³-hybridized carbons (Fsp3) is 0.500. The van der Waals surface area contributed by atoms with Gasteiger partial charge in [0, 0.05) is 20.0 Å². The summed E-state index contributed by atoms with van der Waals surface area (Å²) in [5.41, 5.74) is 7.32. The lowest BCUT2D eigenvalue weighted by Gasteiger charge is -2.25. The Morgan fingerprint density at radius 2 is 2.32 bits per heavy atom. The molecule has 2 heterocycles. The number of anilines is 1.